The zero-order chi connectivity index (χ0) is 11.8. The summed E-state index contributed by atoms with van der Waals surface area (Å²) >= 11 is 0. The Morgan fingerprint density at radius 2 is 2.19 bits per heavy atom. The average molecular weight is 224 g/mol. The maximum atomic E-state index is 11.4. The fraction of sp³-hybridized carbons (Fsp3) is 0.455. The number of carbonyl (C=O) groups is 2. The molecular formula is C11H16N2O3. The molecule has 5 nitrogen and oxygen atoms in total. The molecule has 0 saturated carbocycles. The Balaban J connectivity index is 2.12. The van der Waals surface area contributed by atoms with Crippen LogP contribution in [0.5, 0.6) is 0 Å². The molecule has 0 unspecified atom stereocenters. The molecule has 1 aromatic heterocycles. The van der Waals surface area contributed by atoms with Crippen molar-refractivity contribution in [3.63, 3.8) is 0 Å². The molecule has 0 radical (unpaired) electrons. The number of furan rings is 1. The molecule has 0 aromatic carbocycles. The van der Waals surface area contributed by atoms with Crippen molar-refractivity contribution in [1.82, 2.24) is 10.6 Å². The quantitative estimate of drug-likeness (QED) is 0.706. The molecule has 0 aliphatic rings. The normalized spacial score (nSPS) is 9.81. The molecule has 0 atom stereocenters. The first-order valence-corrected chi connectivity index (χ1v) is 5.32. The van der Waals surface area contributed by atoms with Gasteiger partial charge >= 0.3 is 0 Å². The zero-order valence-electron chi connectivity index (χ0n) is 9.29. The molecule has 1 aromatic rings. The smallest absolute Gasteiger partial charge is 0.286 e. The second-order valence-corrected chi connectivity index (χ2v) is 3.29. The molecule has 0 saturated heterocycles. The van der Waals surface area contributed by atoms with E-state index >= 15 is 0 Å². The molecule has 88 valence electrons. The van der Waals surface area contributed by atoms with E-state index in [0.717, 1.165) is 0 Å². The van der Waals surface area contributed by atoms with Crippen LogP contribution in [0.4, 0.5) is 0 Å². The third-order valence-electron chi connectivity index (χ3n) is 1.99. The fourth-order valence-electron chi connectivity index (χ4n) is 1.23. The van der Waals surface area contributed by atoms with Crippen molar-refractivity contribution >= 4 is 11.8 Å². The molecule has 16 heavy (non-hydrogen) atoms. The maximum absolute atomic E-state index is 11.4. The van der Waals surface area contributed by atoms with Crippen LogP contribution in [0.15, 0.2) is 22.8 Å². The SMILES string of the molecule is CCNC(=O)CCCNC(=O)c1ccco1. The summed E-state index contributed by atoms with van der Waals surface area (Å²) in [4.78, 5) is 22.4. The van der Waals surface area contributed by atoms with Crippen molar-refractivity contribution in [3.05, 3.63) is 24.2 Å². The summed E-state index contributed by atoms with van der Waals surface area (Å²) in [5.41, 5.74) is 0. The third-order valence-corrected chi connectivity index (χ3v) is 1.99. The van der Waals surface area contributed by atoms with Gasteiger partial charge in [0.25, 0.3) is 5.91 Å². The lowest BCUT2D eigenvalue weighted by atomic mass is 10.3. The first-order valence-electron chi connectivity index (χ1n) is 5.32. The lowest BCUT2D eigenvalue weighted by Gasteiger charge is -2.03. The second-order valence-electron chi connectivity index (χ2n) is 3.29. The Kier molecular flexibility index (Phi) is 5.11. The Morgan fingerprint density at radius 1 is 1.38 bits per heavy atom. The van der Waals surface area contributed by atoms with Gasteiger partial charge in [0.15, 0.2) is 5.76 Å². The van der Waals surface area contributed by atoms with Gasteiger partial charge in [0.05, 0.1) is 6.26 Å². The van der Waals surface area contributed by atoms with Crippen LogP contribution in [0.3, 0.4) is 0 Å². The number of rotatable bonds is 6. The number of nitrogens with one attached hydrogen (secondary N) is 2. The molecule has 0 aliphatic heterocycles. The van der Waals surface area contributed by atoms with E-state index in [1.165, 1.54) is 6.26 Å². The van der Waals surface area contributed by atoms with E-state index in [-0.39, 0.29) is 17.6 Å². The summed E-state index contributed by atoms with van der Waals surface area (Å²) in [5, 5.41) is 5.36. The molecule has 2 N–H and O–H groups in total. The van der Waals surface area contributed by atoms with Crippen LogP contribution in [0.1, 0.15) is 30.3 Å². The lowest BCUT2D eigenvalue weighted by molar-refractivity contribution is -0.121. The molecular weight excluding hydrogens is 208 g/mol. The van der Waals surface area contributed by atoms with E-state index in [1.807, 2.05) is 6.92 Å². The molecule has 1 heterocycles. The highest BCUT2D eigenvalue weighted by Crippen LogP contribution is 1.99. The predicted molar refractivity (Wildman–Crippen MR) is 59.0 cm³/mol. The standard InChI is InChI=1S/C11H16N2O3/c1-2-12-10(14)6-3-7-13-11(15)9-5-4-8-16-9/h4-5,8H,2-3,6-7H2,1H3,(H,12,14)(H,13,15). The first-order chi connectivity index (χ1) is 7.74. The van der Waals surface area contributed by atoms with Crippen molar-refractivity contribution in [2.45, 2.75) is 19.8 Å². The summed E-state index contributed by atoms with van der Waals surface area (Å²) in [5.74, 6) is 0.0497. The van der Waals surface area contributed by atoms with E-state index in [2.05, 4.69) is 10.6 Å². The highest BCUT2D eigenvalue weighted by atomic mass is 16.3. The maximum Gasteiger partial charge on any atom is 0.286 e. The Hall–Kier alpha value is -1.78. The number of carbonyl (C=O) groups excluding carboxylic acids is 2. The van der Waals surface area contributed by atoms with Gasteiger partial charge in [-0.2, -0.15) is 0 Å². The highest BCUT2D eigenvalue weighted by Gasteiger charge is 2.07. The van der Waals surface area contributed by atoms with Gasteiger partial charge in [0, 0.05) is 19.5 Å². The van der Waals surface area contributed by atoms with Crippen LogP contribution < -0.4 is 10.6 Å². The Morgan fingerprint density at radius 3 is 2.81 bits per heavy atom. The number of amides is 2. The van der Waals surface area contributed by atoms with Gasteiger partial charge in [0.1, 0.15) is 0 Å². The van der Waals surface area contributed by atoms with Crippen LogP contribution >= 0.6 is 0 Å². The van der Waals surface area contributed by atoms with E-state index < -0.39 is 0 Å². The predicted octanol–water partition coefficient (Wildman–Crippen LogP) is 0.926. The van der Waals surface area contributed by atoms with E-state index in [0.29, 0.717) is 25.9 Å². The number of hydrogen-bond acceptors (Lipinski definition) is 3. The lowest BCUT2D eigenvalue weighted by Crippen LogP contribution is -2.27. The molecule has 2 amide bonds. The summed E-state index contributed by atoms with van der Waals surface area (Å²) in [6.45, 7) is 2.98. The van der Waals surface area contributed by atoms with Gasteiger partial charge in [-0.15, -0.1) is 0 Å². The second kappa shape index (κ2) is 6.66. The van der Waals surface area contributed by atoms with Crippen LogP contribution in [0.25, 0.3) is 0 Å². The molecule has 0 aliphatic carbocycles. The van der Waals surface area contributed by atoms with Gasteiger partial charge in [-0.3, -0.25) is 9.59 Å². The molecule has 0 bridgehead atoms. The Labute approximate surface area is 94.2 Å². The van der Waals surface area contributed by atoms with Gasteiger partial charge < -0.3 is 15.1 Å². The summed E-state index contributed by atoms with van der Waals surface area (Å²) in [7, 11) is 0. The van der Waals surface area contributed by atoms with Crippen LogP contribution in [0.2, 0.25) is 0 Å². The van der Waals surface area contributed by atoms with E-state index in [1.54, 1.807) is 12.1 Å². The topological polar surface area (TPSA) is 71.3 Å². The summed E-state index contributed by atoms with van der Waals surface area (Å²) in [6.07, 6.45) is 2.49. The minimum atomic E-state index is -0.249. The van der Waals surface area contributed by atoms with Crippen molar-refractivity contribution in [2.75, 3.05) is 13.1 Å². The van der Waals surface area contributed by atoms with Crippen LogP contribution in [-0.2, 0) is 4.79 Å². The first kappa shape index (κ1) is 12.3. The van der Waals surface area contributed by atoms with Crippen molar-refractivity contribution in [1.29, 1.82) is 0 Å². The van der Waals surface area contributed by atoms with Crippen LogP contribution in [0, 0.1) is 0 Å². The van der Waals surface area contributed by atoms with E-state index in [4.69, 9.17) is 4.42 Å². The van der Waals surface area contributed by atoms with Crippen molar-refractivity contribution in [2.24, 2.45) is 0 Å². The van der Waals surface area contributed by atoms with Gasteiger partial charge in [-0.25, -0.2) is 0 Å². The molecule has 0 spiro atoms. The molecule has 5 heteroatoms. The van der Waals surface area contributed by atoms with Crippen molar-refractivity contribution in [3.8, 4) is 0 Å². The average Bonchev–Trinajstić information content (AvgIpc) is 2.78. The number of hydrogen-bond donors (Lipinski definition) is 2. The summed E-state index contributed by atoms with van der Waals surface area (Å²) in [6, 6.07) is 3.25. The van der Waals surface area contributed by atoms with Crippen LogP contribution in [-0.4, -0.2) is 24.9 Å². The zero-order valence-corrected chi connectivity index (χ0v) is 9.29. The molecule has 1 rings (SSSR count). The van der Waals surface area contributed by atoms with Gasteiger partial charge in [-0.1, -0.05) is 0 Å². The van der Waals surface area contributed by atoms with Gasteiger partial charge in [-0.05, 0) is 25.5 Å². The molecule has 0 fully saturated rings. The third kappa shape index (κ3) is 4.16. The highest BCUT2D eigenvalue weighted by molar-refractivity contribution is 5.91. The summed E-state index contributed by atoms with van der Waals surface area (Å²) < 4.78 is 4.92. The van der Waals surface area contributed by atoms with Gasteiger partial charge in [0.2, 0.25) is 5.91 Å². The Bertz CT molecular complexity index is 333. The minimum absolute atomic E-state index is 0.00903. The van der Waals surface area contributed by atoms with E-state index in [9.17, 15) is 9.59 Å². The fourth-order valence-corrected chi connectivity index (χ4v) is 1.23. The largest absolute Gasteiger partial charge is 0.459 e. The minimum Gasteiger partial charge on any atom is -0.459 e. The monoisotopic (exact) mass is 224 g/mol. The van der Waals surface area contributed by atoms with Crippen molar-refractivity contribution < 1.29 is 14.0 Å².